The molecule has 0 unspecified atom stereocenters. The van der Waals surface area contributed by atoms with E-state index < -0.39 is 16.0 Å². The van der Waals surface area contributed by atoms with E-state index in [0.717, 1.165) is 6.07 Å². The molecule has 0 aliphatic heterocycles. The minimum absolute atomic E-state index is 0.0743. The Morgan fingerprint density at radius 2 is 2.10 bits per heavy atom. The molecule has 1 aromatic carbocycles. The first-order valence-electron chi connectivity index (χ1n) is 5.37. The largest absolute Gasteiger partial charge is 0.478 e. The van der Waals surface area contributed by atoms with Crippen molar-refractivity contribution >= 4 is 33.4 Å². The van der Waals surface area contributed by atoms with E-state index in [1.807, 2.05) is 0 Å². The molecule has 1 heterocycles. The lowest BCUT2D eigenvalue weighted by molar-refractivity contribution is 0.0696. The van der Waals surface area contributed by atoms with Gasteiger partial charge < -0.3 is 5.11 Å². The number of carbonyl (C=O) groups is 1. The summed E-state index contributed by atoms with van der Waals surface area (Å²) in [4.78, 5) is 10.6. The number of carboxylic acids is 1. The third-order valence-corrected chi connectivity index (χ3v) is 4.25. The molecular formula is C11H10ClN3O4S. The minimum Gasteiger partial charge on any atom is -0.478 e. The Hall–Kier alpha value is -2.06. The maximum atomic E-state index is 12.2. The molecule has 0 fully saturated rings. The van der Waals surface area contributed by atoms with E-state index in [4.69, 9.17) is 16.7 Å². The van der Waals surface area contributed by atoms with Crippen LogP contribution >= 0.6 is 11.6 Å². The number of halogens is 1. The van der Waals surface area contributed by atoms with Crippen LogP contribution in [0, 0.1) is 6.92 Å². The van der Waals surface area contributed by atoms with Gasteiger partial charge in [-0.05, 0) is 25.1 Å². The highest BCUT2D eigenvalue weighted by molar-refractivity contribution is 7.92. The summed E-state index contributed by atoms with van der Waals surface area (Å²) in [6, 6.07) is 4.93. The number of benzene rings is 1. The molecule has 0 saturated carbocycles. The smallest absolute Gasteiger partial charge is 0.335 e. The van der Waals surface area contributed by atoms with Gasteiger partial charge in [-0.25, -0.2) is 13.2 Å². The number of aromatic amines is 1. The molecule has 2 aromatic rings. The monoisotopic (exact) mass is 315 g/mol. The van der Waals surface area contributed by atoms with Crippen LogP contribution in [0.2, 0.25) is 5.02 Å². The fraction of sp³-hybridized carbons (Fsp3) is 0.0909. The second kappa shape index (κ2) is 5.14. The van der Waals surface area contributed by atoms with Crippen LogP contribution < -0.4 is 4.72 Å². The molecule has 0 saturated heterocycles. The molecule has 3 N–H and O–H groups in total. The van der Waals surface area contributed by atoms with Crippen molar-refractivity contribution < 1.29 is 18.3 Å². The summed E-state index contributed by atoms with van der Waals surface area (Å²) < 4.78 is 26.5. The van der Waals surface area contributed by atoms with E-state index in [2.05, 4.69) is 14.9 Å². The third-order valence-electron chi connectivity index (χ3n) is 2.41. The average Bonchev–Trinajstić information content (AvgIpc) is 2.73. The Kier molecular flexibility index (Phi) is 3.69. The van der Waals surface area contributed by atoms with E-state index >= 15 is 0 Å². The fourth-order valence-electron chi connectivity index (χ4n) is 1.51. The second-order valence-corrected chi connectivity index (χ2v) is 6.05. The summed E-state index contributed by atoms with van der Waals surface area (Å²) in [6.07, 6.45) is 0. The zero-order valence-corrected chi connectivity index (χ0v) is 11.8. The lowest BCUT2D eigenvalue weighted by Gasteiger charge is -2.08. The topological polar surface area (TPSA) is 112 Å². The number of hydrogen-bond acceptors (Lipinski definition) is 4. The summed E-state index contributed by atoms with van der Waals surface area (Å²) >= 11 is 5.82. The van der Waals surface area contributed by atoms with Gasteiger partial charge in [0, 0.05) is 11.8 Å². The van der Waals surface area contributed by atoms with Gasteiger partial charge in [-0.3, -0.25) is 9.82 Å². The van der Waals surface area contributed by atoms with Crippen molar-refractivity contribution in [3.8, 4) is 0 Å². The van der Waals surface area contributed by atoms with Gasteiger partial charge in [-0.2, -0.15) is 5.10 Å². The predicted molar refractivity (Wildman–Crippen MR) is 72.5 cm³/mol. The third kappa shape index (κ3) is 2.91. The molecule has 0 atom stereocenters. The molecule has 7 nitrogen and oxygen atoms in total. The summed E-state index contributed by atoms with van der Waals surface area (Å²) in [7, 11) is -4.01. The molecule has 0 radical (unpaired) electrons. The van der Waals surface area contributed by atoms with Gasteiger partial charge in [0.2, 0.25) is 0 Å². The highest BCUT2D eigenvalue weighted by atomic mass is 35.5. The number of hydrogen-bond donors (Lipinski definition) is 3. The molecule has 20 heavy (non-hydrogen) atoms. The summed E-state index contributed by atoms with van der Waals surface area (Å²) in [5.41, 5.74) is 0.501. The Morgan fingerprint density at radius 3 is 2.65 bits per heavy atom. The summed E-state index contributed by atoms with van der Waals surface area (Å²) in [5.74, 6) is -1.15. The Bertz CT molecular complexity index is 770. The maximum Gasteiger partial charge on any atom is 0.335 e. The van der Waals surface area contributed by atoms with Crippen molar-refractivity contribution in [1.82, 2.24) is 10.2 Å². The number of nitrogens with zero attached hydrogens (tertiary/aromatic N) is 1. The molecule has 2 rings (SSSR count). The van der Waals surface area contributed by atoms with E-state index in [-0.39, 0.29) is 21.3 Å². The number of aromatic carboxylic acids is 1. The number of anilines is 1. The average molecular weight is 316 g/mol. The summed E-state index contributed by atoms with van der Waals surface area (Å²) in [5, 5.41) is 15.1. The number of nitrogens with one attached hydrogen (secondary N) is 2. The molecule has 9 heteroatoms. The fourth-order valence-corrected chi connectivity index (χ4v) is 3.02. The lowest BCUT2D eigenvalue weighted by atomic mass is 10.2. The zero-order chi connectivity index (χ0) is 14.9. The van der Waals surface area contributed by atoms with Gasteiger partial charge >= 0.3 is 5.97 Å². The maximum absolute atomic E-state index is 12.2. The van der Waals surface area contributed by atoms with Gasteiger partial charge in [0.1, 0.15) is 4.90 Å². The van der Waals surface area contributed by atoms with Crippen molar-refractivity contribution in [3.05, 3.63) is 40.5 Å². The van der Waals surface area contributed by atoms with Crippen LogP contribution in [0.4, 0.5) is 5.82 Å². The van der Waals surface area contributed by atoms with Gasteiger partial charge in [0.05, 0.1) is 10.6 Å². The molecule has 0 bridgehead atoms. The van der Waals surface area contributed by atoms with Gasteiger partial charge in [0.15, 0.2) is 5.82 Å². The molecule has 0 amide bonds. The standard InChI is InChI=1S/C11H10ClN3O4S/c1-6-4-10(14-13-6)15-20(18,19)9-5-7(11(16)17)2-3-8(9)12/h2-5H,1H3,(H,16,17)(H2,13,14,15). The zero-order valence-electron chi connectivity index (χ0n) is 10.2. The lowest BCUT2D eigenvalue weighted by Crippen LogP contribution is -2.14. The minimum atomic E-state index is -4.01. The Morgan fingerprint density at radius 1 is 1.40 bits per heavy atom. The van der Waals surface area contributed by atoms with E-state index in [0.29, 0.717) is 5.69 Å². The van der Waals surface area contributed by atoms with E-state index in [9.17, 15) is 13.2 Å². The first-order valence-corrected chi connectivity index (χ1v) is 7.23. The van der Waals surface area contributed by atoms with Crippen LogP contribution in [0.1, 0.15) is 16.1 Å². The predicted octanol–water partition coefficient (Wildman–Crippen LogP) is 1.87. The SMILES string of the molecule is Cc1cc(NS(=O)(=O)c2cc(C(=O)O)ccc2Cl)n[nH]1. The second-order valence-electron chi connectivity index (χ2n) is 3.99. The Balaban J connectivity index is 2.43. The quantitative estimate of drug-likeness (QED) is 0.797. The Labute approximate surface area is 119 Å². The van der Waals surface area contributed by atoms with E-state index in [1.54, 1.807) is 6.92 Å². The van der Waals surface area contributed by atoms with Gasteiger partial charge in [0.25, 0.3) is 10.0 Å². The number of aromatic nitrogens is 2. The van der Waals surface area contributed by atoms with Crippen molar-refractivity contribution in [1.29, 1.82) is 0 Å². The molecule has 0 aliphatic rings. The molecule has 106 valence electrons. The van der Waals surface area contributed by atoms with Crippen molar-refractivity contribution in [2.24, 2.45) is 0 Å². The number of carboxylic acid groups (broad SMARTS) is 1. The van der Waals surface area contributed by atoms with Crippen molar-refractivity contribution in [3.63, 3.8) is 0 Å². The van der Waals surface area contributed by atoms with E-state index in [1.165, 1.54) is 18.2 Å². The van der Waals surface area contributed by atoms with Crippen molar-refractivity contribution in [2.45, 2.75) is 11.8 Å². The number of sulfonamides is 1. The number of aryl methyl sites for hydroxylation is 1. The number of H-pyrrole nitrogens is 1. The first-order chi connectivity index (χ1) is 9.29. The van der Waals surface area contributed by atoms with Gasteiger partial charge in [-0.15, -0.1) is 0 Å². The molecule has 0 aliphatic carbocycles. The van der Waals surface area contributed by atoms with Crippen molar-refractivity contribution in [2.75, 3.05) is 4.72 Å². The van der Waals surface area contributed by atoms with Crippen LogP contribution in [-0.2, 0) is 10.0 Å². The highest BCUT2D eigenvalue weighted by Crippen LogP contribution is 2.24. The molecular weight excluding hydrogens is 306 g/mol. The molecule has 0 spiro atoms. The van der Waals surface area contributed by atoms with Crippen LogP contribution in [0.15, 0.2) is 29.2 Å². The first kappa shape index (κ1) is 14.4. The van der Waals surface area contributed by atoms with Crippen LogP contribution in [0.5, 0.6) is 0 Å². The van der Waals surface area contributed by atoms with Gasteiger partial charge in [-0.1, -0.05) is 11.6 Å². The van der Waals surface area contributed by atoms with Crippen LogP contribution in [-0.4, -0.2) is 29.7 Å². The summed E-state index contributed by atoms with van der Waals surface area (Å²) in [6.45, 7) is 1.71. The van der Waals surface area contributed by atoms with Crippen LogP contribution in [0.25, 0.3) is 0 Å². The van der Waals surface area contributed by atoms with Crippen LogP contribution in [0.3, 0.4) is 0 Å². The normalized spacial score (nSPS) is 11.3. The number of rotatable bonds is 4. The highest BCUT2D eigenvalue weighted by Gasteiger charge is 2.21. The molecule has 1 aromatic heterocycles.